The molecule has 0 aliphatic heterocycles. The molecule has 0 fully saturated rings. The highest BCUT2D eigenvalue weighted by Gasteiger charge is 2.13. The van der Waals surface area contributed by atoms with Gasteiger partial charge in [0.25, 0.3) is 5.56 Å². The summed E-state index contributed by atoms with van der Waals surface area (Å²) in [6.07, 6.45) is 0.680. The van der Waals surface area contributed by atoms with Gasteiger partial charge in [-0.2, -0.15) is 0 Å². The second kappa shape index (κ2) is 9.13. The van der Waals surface area contributed by atoms with Crippen molar-refractivity contribution in [1.82, 2.24) is 9.55 Å². The van der Waals surface area contributed by atoms with Crippen molar-refractivity contribution in [2.75, 3.05) is 13.7 Å². The maximum Gasteiger partial charge on any atom is 0.261 e. The van der Waals surface area contributed by atoms with Crippen molar-refractivity contribution in [3.8, 4) is 22.9 Å². The average molecular weight is 465 g/mol. The summed E-state index contributed by atoms with van der Waals surface area (Å²) in [7, 11) is 1.63. The lowest BCUT2D eigenvalue weighted by atomic mass is 10.1. The zero-order valence-corrected chi connectivity index (χ0v) is 18.1. The first-order valence-electron chi connectivity index (χ1n) is 9.68. The van der Waals surface area contributed by atoms with E-state index in [1.165, 1.54) is 0 Å². The van der Waals surface area contributed by atoms with Crippen molar-refractivity contribution in [2.24, 2.45) is 0 Å². The summed E-state index contributed by atoms with van der Waals surface area (Å²) in [6, 6.07) is 22.7. The minimum absolute atomic E-state index is 0.0462. The van der Waals surface area contributed by atoms with Gasteiger partial charge in [-0.25, -0.2) is 4.98 Å². The van der Waals surface area contributed by atoms with Crippen LogP contribution in [0.3, 0.4) is 0 Å². The highest BCUT2D eigenvalue weighted by molar-refractivity contribution is 9.10. The number of hydrogen-bond donors (Lipinski definition) is 0. The van der Waals surface area contributed by atoms with E-state index in [-0.39, 0.29) is 5.56 Å². The van der Waals surface area contributed by atoms with Crippen molar-refractivity contribution in [3.63, 3.8) is 0 Å². The third-order valence-electron chi connectivity index (χ3n) is 4.82. The second-order valence-electron chi connectivity index (χ2n) is 6.79. The molecule has 0 saturated carbocycles. The van der Waals surface area contributed by atoms with Gasteiger partial charge in [-0.3, -0.25) is 9.36 Å². The lowest BCUT2D eigenvalue weighted by Crippen LogP contribution is -2.24. The number of rotatable bonds is 7. The molecule has 6 heteroatoms. The van der Waals surface area contributed by atoms with E-state index in [0.717, 1.165) is 21.5 Å². The Kier molecular flexibility index (Phi) is 6.14. The maximum atomic E-state index is 13.2. The van der Waals surface area contributed by atoms with E-state index in [0.29, 0.717) is 36.3 Å². The van der Waals surface area contributed by atoms with Crippen LogP contribution in [-0.2, 0) is 6.54 Å². The van der Waals surface area contributed by atoms with Crippen LogP contribution < -0.4 is 15.0 Å². The van der Waals surface area contributed by atoms with Crippen molar-refractivity contribution < 1.29 is 9.47 Å². The lowest BCUT2D eigenvalue weighted by molar-refractivity contribution is 0.301. The molecule has 0 aliphatic rings. The van der Waals surface area contributed by atoms with Gasteiger partial charge in [-0.1, -0.05) is 28.1 Å². The third kappa shape index (κ3) is 4.39. The van der Waals surface area contributed by atoms with Gasteiger partial charge >= 0.3 is 0 Å². The molecule has 0 N–H and O–H groups in total. The smallest absolute Gasteiger partial charge is 0.261 e. The Morgan fingerprint density at radius 1 is 0.933 bits per heavy atom. The first-order chi connectivity index (χ1) is 14.7. The van der Waals surface area contributed by atoms with Gasteiger partial charge in [0.15, 0.2) is 0 Å². The van der Waals surface area contributed by atoms with Gasteiger partial charge in [0.1, 0.15) is 17.3 Å². The van der Waals surface area contributed by atoms with Crippen molar-refractivity contribution >= 4 is 26.8 Å². The number of aromatic nitrogens is 2. The SMILES string of the molecule is COc1ccc(-c2nc3ccccc3c(=O)n2CCCOc2ccc(Br)cc2)cc1. The molecule has 0 saturated heterocycles. The minimum Gasteiger partial charge on any atom is -0.497 e. The Balaban J connectivity index is 1.61. The van der Waals surface area contributed by atoms with Gasteiger partial charge in [0, 0.05) is 16.6 Å². The van der Waals surface area contributed by atoms with Crippen LogP contribution in [0.4, 0.5) is 0 Å². The highest BCUT2D eigenvalue weighted by atomic mass is 79.9. The van der Waals surface area contributed by atoms with Crippen LogP contribution in [0.1, 0.15) is 6.42 Å². The molecule has 4 rings (SSSR count). The maximum absolute atomic E-state index is 13.2. The van der Waals surface area contributed by atoms with E-state index in [4.69, 9.17) is 14.5 Å². The number of fused-ring (bicyclic) bond motifs is 1. The predicted octanol–water partition coefficient (Wildman–Crippen LogP) is 5.30. The number of halogens is 1. The van der Waals surface area contributed by atoms with Gasteiger partial charge in [-0.15, -0.1) is 0 Å². The summed E-state index contributed by atoms with van der Waals surface area (Å²) in [4.78, 5) is 18.0. The number of methoxy groups -OCH3 is 1. The first-order valence-corrected chi connectivity index (χ1v) is 10.5. The lowest BCUT2D eigenvalue weighted by Gasteiger charge is -2.14. The standard InChI is InChI=1S/C24H21BrN2O3/c1-29-19-11-7-17(8-12-19)23-26-22-6-3-2-5-21(22)24(28)27(23)15-4-16-30-20-13-9-18(25)10-14-20/h2-3,5-14H,4,15-16H2,1H3. The molecule has 5 nitrogen and oxygen atoms in total. The van der Waals surface area contributed by atoms with E-state index in [9.17, 15) is 4.79 Å². The normalized spacial score (nSPS) is 10.9. The number of benzene rings is 3. The van der Waals surface area contributed by atoms with Gasteiger partial charge in [0.05, 0.1) is 24.6 Å². The molecule has 0 radical (unpaired) electrons. The molecule has 152 valence electrons. The molecule has 0 unspecified atom stereocenters. The summed E-state index contributed by atoms with van der Waals surface area (Å²) in [6.45, 7) is 1.01. The molecule has 0 amide bonds. The molecule has 4 aromatic rings. The fourth-order valence-electron chi connectivity index (χ4n) is 3.28. The Hall–Kier alpha value is -3.12. The van der Waals surface area contributed by atoms with Crippen molar-refractivity contribution in [2.45, 2.75) is 13.0 Å². The zero-order valence-electron chi connectivity index (χ0n) is 16.5. The number of hydrogen-bond acceptors (Lipinski definition) is 4. The van der Waals surface area contributed by atoms with Crippen LogP contribution in [0.2, 0.25) is 0 Å². The van der Waals surface area contributed by atoms with Crippen molar-refractivity contribution in [1.29, 1.82) is 0 Å². The fourth-order valence-corrected chi connectivity index (χ4v) is 3.54. The summed E-state index contributed by atoms with van der Waals surface area (Å²) in [5.41, 5.74) is 1.51. The molecular formula is C24H21BrN2O3. The minimum atomic E-state index is -0.0462. The second-order valence-corrected chi connectivity index (χ2v) is 7.71. The molecular weight excluding hydrogens is 444 g/mol. The Labute approximate surface area is 183 Å². The summed E-state index contributed by atoms with van der Waals surface area (Å²) < 4.78 is 13.8. The molecule has 0 atom stereocenters. The Morgan fingerprint density at radius 3 is 2.37 bits per heavy atom. The van der Waals surface area contributed by atoms with Crippen LogP contribution in [0.25, 0.3) is 22.3 Å². The van der Waals surface area contributed by atoms with E-state index in [2.05, 4.69) is 15.9 Å². The van der Waals surface area contributed by atoms with E-state index in [1.807, 2.05) is 72.8 Å². The molecule has 0 bridgehead atoms. The summed E-state index contributed by atoms with van der Waals surface area (Å²) in [5, 5.41) is 0.614. The molecule has 3 aromatic carbocycles. The molecule has 1 aromatic heterocycles. The number of ether oxygens (including phenoxy) is 2. The van der Waals surface area contributed by atoms with Gasteiger partial charge in [0.2, 0.25) is 0 Å². The van der Waals surface area contributed by atoms with E-state index in [1.54, 1.807) is 11.7 Å². The predicted molar refractivity (Wildman–Crippen MR) is 122 cm³/mol. The van der Waals surface area contributed by atoms with E-state index < -0.39 is 0 Å². The monoisotopic (exact) mass is 464 g/mol. The molecule has 30 heavy (non-hydrogen) atoms. The highest BCUT2D eigenvalue weighted by Crippen LogP contribution is 2.22. The molecule has 0 aliphatic carbocycles. The molecule has 0 spiro atoms. The summed E-state index contributed by atoms with van der Waals surface area (Å²) in [5.74, 6) is 2.21. The Bertz CT molecular complexity index is 1200. The van der Waals surface area contributed by atoms with E-state index >= 15 is 0 Å². The topological polar surface area (TPSA) is 53.3 Å². The fraction of sp³-hybridized carbons (Fsp3) is 0.167. The van der Waals surface area contributed by atoms with Crippen LogP contribution in [-0.4, -0.2) is 23.3 Å². The first kappa shape index (κ1) is 20.2. The van der Waals surface area contributed by atoms with Crippen LogP contribution >= 0.6 is 15.9 Å². The largest absolute Gasteiger partial charge is 0.497 e. The number of para-hydroxylation sites is 1. The van der Waals surface area contributed by atoms with Crippen molar-refractivity contribution in [3.05, 3.63) is 87.6 Å². The zero-order chi connectivity index (χ0) is 20.9. The molecule has 1 heterocycles. The summed E-state index contributed by atoms with van der Waals surface area (Å²) >= 11 is 3.42. The average Bonchev–Trinajstić information content (AvgIpc) is 2.79. The third-order valence-corrected chi connectivity index (χ3v) is 5.35. The van der Waals surface area contributed by atoms with Crippen LogP contribution in [0.5, 0.6) is 11.5 Å². The number of nitrogens with zero attached hydrogens (tertiary/aromatic N) is 2. The van der Waals surface area contributed by atoms with Gasteiger partial charge in [-0.05, 0) is 67.1 Å². The van der Waals surface area contributed by atoms with Crippen LogP contribution in [0, 0.1) is 0 Å². The Morgan fingerprint density at radius 2 is 1.63 bits per heavy atom. The van der Waals surface area contributed by atoms with Crippen LogP contribution in [0.15, 0.2) is 82.1 Å². The quantitative estimate of drug-likeness (QED) is 0.348. The van der Waals surface area contributed by atoms with Gasteiger partial charge < -0.3 is 9.47 Å².